The Morgan fingerprint density at radius 2 is 1.56 bits per heavy atom. The molecule has 1 unspecified atom stereocenters. The van der Waals surface area contributed by atoms with Crippen molar-refractivity contribution in [3.05, 3.63) is 29.8 Å². The molecule has 1 aliphatic heterocycles. The number of hydrogen-bond donors (Lipinski definition) is 4. The van der Waals surface area contributed by atoms with E-state index >= 15 is 0 Å². The zero-order valence-electron chi connectivity index (χ0n) is 11.1. The average Bonchev–Trinajstić information content (AvgIpc) is 2.38. The zero-order chi connectivity index (χ0) is 13.8. The van der Waals surface area contributed by atoms with Crippen molar-refractivity contribution >= 4 is 0 Å². The lowest BCUT2D eigenvalue weighted by Gasteiger charge is -2.37. The van der Waals surface area contributed by atoms with E-state index in [0.717, 1.165) is 5.06 Å². The van der Waals surface area contributed by atoms with Gasteiger partial charge in [-0.3, -0.25) is 5.32 Å². The minimum atomic E-state index is -1.67. The molecule has 0 aliphatic carbocycles. The van der Waals surface area contributed by atoms with Gasteiger partial charge in [0, 0.05) is 11.1 Å². The van der Waals surface area contributed by atoms with Crippen LogP contribution in [0.3, 0.4) is 0 Å². The van der Waals surface area contributed by atoms with E-state index < -0.39 is 16.9 Å². The van der Waals surface area contributed by atoms with Gasteiger partial charge < -0.3 is 15.4 Å². The molecule has 0 bridgehead atoms. The molecule has 2 rings (SSSR count). The maximum absolute atomic E-state index is 10.7. The molecule has 0 radical (unpaired) electrons. The van der Waals surface area contributed by atoms with Gasteiger partial charge in [-0.2, -0.15) is 0 Å². The summed E-state index contributed by atoms with van der Waals surface area (Å²) in [6, 6.07) is 6.09. The Hall–Kier alpha value is -1.14. The molecule has 0 saturated carbocycles. The van der Waals surface area contributed by atoms with E-state index in [-0.39, 0.29) is 5.75 Å². The second kappa shape index (κ2) is 3.68. The van der Waals surface area contributed by atoms with Crippen LogP contribution in [0, 0.1) is 0 Å². The van der Waals surface area contributed by atoms with Crippen LogP contribution in [0.15, 0.2) is 24.3 Å². The number of hydroxylamine groups is 2. The minimum absolute atomic E-state index is 0.114. The third-order valence-electron chi connectivity index (χ3n) is 4.12. The van der Waals surface area contributed by atoms with Crippen LogP contribution in [0.1, 0.15) is 33.3 Å². The molecule has 0 amide bonds. The standard InChI is InChI=1S/C13H20N2O3/c1-11(2)12(3,4)15(18)13(17,14-11)9-5-7-10(16)8-6-9/h5-8,14,16-18H,1-4H3. The monoisotopic (exact) mass is 252 g/mol. The molecule has 18 heavy (non-hydrogen) atoms. The lowest BCUT2D eigenvalue weighted by molar-refractivity contribution is -0.289. The number of phenolic OH excluding ortho intramolecular Hbond substituents is 1. The van der Waals surface area contributed by atoms with E-state index in [4.69, 9.17) is 0 Å². The van der Waals surface area contributed by atoms with Crippen molar-refractivity contribution in [1.29, 1.82) is 0 Å². The van der Waals surface area contributed by atoms with Crippen molar-refractivity contribution < 1.29 is 15.4 Å². The molecule has 1 saturated heterocycles. The Kier molecular flexibility index (Phi) is 2.72. The highest BCUT2D eigenvalue weighted by atomic mass is 16.6. The SMILES string of the molecule is CC1(C)NC(O)(c2ccc(O)cc2)N(O)C1(C)C. The van der Waals surface area contributed by atoms with Gasteiger partial charge >= 0.3 is 0 Å². The lowest BCUT2D eigenvalue weighted by Crippen LogP contribution is -2.52. The molecule has 0 spiro atoms. The van der Waals surface area contributed by atoms with E-state index in [2.05, 4.69) is 5.32 Å². The Labute approximate surface area is 107 Å². The fraction of sp³-hybridized carbons (Fsp3) is 0.538. The number of rotatable bonds is 1. The van der Waals surface area contributed by atoms with Crippen molar-refractivity contribution in [2.45, 2.75) is 44.6 Å². The molecular weight excluding hydrogens is 232 g/mol. The van der Waals surface area contributed by atoms with Crippen LogP contribution in [0.2, 0.25) is 0 Å². The van der Waals surface area contributed by atoms with Crippen LogP contribution in [-0.2, 0) is 5.85 Å². The topological polar surface area (TPSA) is 76.0 Å². The summed E-state index contributed by atoms with van der Waals surface area (Å²) in [5, 5.41) is 34.2. The first kappa shape index (κ1) is 13.3. The Morgan fingerprint density at radius 1 is 1.06 bits per heavy atom. The molecule has 5 heteroatoms. The first-order chi connectivity index (χ1) is 8.11. The summed E-state index contributed by atoms with van der Waals surface area (Å²) in [6.07, 6.45) is 0. The molecule has 1 fully saturated rings. The number of aromatic hydroxyl groups is 1. The third-order valence-corrected chi connectivity index (χ3v) is 4.12. The van der Waals surface area contributed by atoms with E-state index in [1.165, 1.54) is 12.1 Å². The van der Waals surface area contributed by atoms with Gasteiger partial charge in [-0.15, -0.1) is 5.06 Å². The fourth-order valence-corrected chi connectivity index (χ4v) is 2.20. The molecule has 4 N–H and O–H groups in total. The number of phenols is 1. The first-order valence-electron chi connectivity index (χ1n) is 5.92. The van der Waals surface area contributed by atoms with Gasteiger partial charge in [0.25, 0.3) is 0 Å². The highest BCUT2D eigenvalue weighted by molar-refractivity contribution is 5.31. The van der Waals surface area contributed by atoms with Gasteiger partial charge in [0.1, 0.15) is 5.75 Å². The molecule has 1 aromatic carbocycles. The molecule has 1 heterocycles. The molecule has 1 aromatic rings. The number of nitrogens with zero attached hydrogens (tertiary/aromatic N) is 1. The van der Waals surface area contributed by atoms with Crippen molar-refractivity contribution in [3.8, 4) is 5.75 Å². The second-order valence-corrected chi connectivity index (χ2v) is 5.84. The quantitative estimate of drug-likeness (QED) is 0.607. The number of nitrogens with one attached hydrogen (secondary N) is 1. The third kappa shape index (κ3) is 1.63. The molecule has 1 atom stereocenters. The molecular formula is C13H20N2O3. The van der Waals surface area contributed by atoms with Gasteiger partial charge in [-0.05, 0) is 52.0 Å². The summed E-state index contributed by atoms with van der Waals surface area (Å²) in [7, 11) is 0. The average molecular weight is 252 g/mol. The van der Waals surface area contributed by atoms with Gasteiger partial charge in [0.2, 0.25) is 5.85 Å². The van der Waals surface area contributed by atoms with Crippen LogP contribution >= 0.6 is 0 Å². The van der Waals surface area contributed by atoms with Crippen LogP contribution < -0.4 is 5.32 Å². The molecule has 0 aromatic heterocycles. The van der Waals surface area contributed by atoms with E-state index in [0.29, 0.717) is 5.56 Å². The summed E-state index contributed by atoms with van der Waals surface area (Å²) >= 11 is 0. The molecule has 1 aliphatic rings. The van der Waals surface area contributed by atoms with E-state index in [1.54, 1.807) is 12.1 Å². The normalized spacial score (nSPS) is 30.6. The molecule has 5 nitrogen and oxygen atoms in total. The van der Waals surface area contributed by atoms with Crippen LogP contribution in [0.25, 0.3) is 0 Å². The Bertz CT molecular complexity index is 456. The van der Waals surface area contributed by atoms with Crippen molar-refractivity contribution in [2.75, 3.05) is 0 Å². The largest absolute Gasteiger partial charge is 0.508 e. The highest BCUT2D eigenvalue weighted by Gasteiger charge is 2.60. The van der Waals surface area contributed by atoms with Crippen molar-refractivity contribution in [2.24, 2.45) is 0 Å². The summed E-state index contributed by atoms with van der Waals surface area (Å²) in [6.45, 7) is 7.51. The van der Waals surface area contributed by atoms with Gasteiger partial charge in [-0.1, -0.05) is 0 Å². The fourth-order valence-electron chi connectivity index (χ4n) is 2.20. The number of aliphatic hydroxyl groups is 1. The van der Waals surface area contributed by atoms with E-state index in [9.17, 15) is 15.4 Å². The lowest BCUT2D eigenvalue weighted by atomic mass is 9.84. The predicted octanol–water partition coefficient (Wildman–Crippen LogP) is 1.35. The number of hydrogen-bond acceptors (Lipinski definition) is 5. The van der Waals surface area contributed by atoms with Gasteiger partial charge in [0.05, 0.1) is 5.54 Å². The van der Waals surface area contributed by atoms with Crippen molar-refractivity contribution in [1.82, 2.24) is 10.4 Å². The smallest absolute Gasteiger partial charge is 0.224 e. The predicted molar refractivity (Wildman–Crippen MR) is 66.9 cm³/mol. The van der Waals surface area contributed by atoms with Crippen LogP contribution in [0.4, 0.5) is 0 Å². The Morgan fingerprint density at radius 3 is 1.94 bits per heavy atom. The Balaban J connectivity index is 2.47. The number of benzene rings is 1. The maximum atomic E-state index is 10.7. The molecule has 100 valence electrons. The second-order valence-electron chi connectivity index (χ2n) is 5.84. The minimum Gasteiger partial charge on any atom is -0.508 e. The first-order valence-corrected chi connectivity index (χ1v) is 5.92. The zero-order valence-corrected chi connectivity index (χ0v) is 11.1. The van der Waals surface area contributed by atoms with Crippen LogP contribution in [0.5, 0.6) is 5.75 Å². The maximum Gasteiger partial charge on any atom is 0.224 e. The van der Waals surface area contributed by atoms with Gasteiger partial charge in [-0.25, -0.2) is 0 Å². The highest BCUT2D eigenvalue weighted by Crippen LogP contribution is 2.43. The summed E-state index contributed by atoms with van der Waals surface area (Å²) in [5.74, 6) is -1.55. The van der Waals surface area contributed by atoms with Crippen LogP contribution in [-0.4, -0.2) is 31.6 Å². The summed E-state index contributed by atoms with van der Waals surface area (Å²) in [4.78, 5) is 0. The van der Waals surface area contributed by atoms with Gasteiger partial charge in [0.15, 0.2) is 0 Å². The summed E-state index contributed by atoms with van der Waals surface area (Å²) < 4.78 is 0. The summed E-state index contributed by atoms with van der Waals surface area (Å²) in [5.41, 5.74) is -0.671. The van der Waals surface area contributed by atoms with Crippen molar-refractivity contribution in [3.63, 3.8) is 0 Å². The van der Waals surface area contributed by atoms with E-state index in [1.807, 2.05) is 27.7 Å².